The molecule has 0 bridgehead atoms. The van der Waals surface area contributed by atoms with Crippen molar-refractivity contribution in [2.75, 3.05) is 13.2 Å². The fraction of sp³-hybridized carbons (Fsp3) is 0.571. The molecule has 0 saturated carbocycles. The Morgan fingerprint density at radius 3 is 2.53 bits per heavy atom. The van der Waals surface area contributed by atoms with E-state index in [1.165, 1.54) is 0 Å². The Hall–Kier alpha value is -1.06. The summed E-state index contributed by atoms with van der Waals surface area (Å²) < 4.78 is 5.72. The van der Waals surface area contributed by atoms with Crippen LogP contribution < -0.4 is 10.5 Å². The summed E-state index contributed by atoms with van der Waals surface area (Å²) in [6.45, 7) is 8.91. The average molecular weight is 237 g/mol. The van der Waals surface area contributed by atoms with Gasteiger partial charge < -0.3 is 15.6 Å². The van der Waals surface area contributed by atoms with E-state index < -0.39 is 6.10 Å². The van der Waals surface area contributed by atoms with Crippen LogP contribution in [0.1, 0.15) is 31.9 Å². The average Bonchev–Trinajstić information content (AvgIpc) is 2.25. The maximum absolute atomic E-state index is 9.45. The third kappa shape index (κ3) is 3.72. The zero-order valence-corrected chi connectivity index (χ0v) is 11.2. The molecule has 3 N–H and O–H groups in total. The topological polar surface area (TPSA) is 55.5 Å². The number of para-hydroxylation sites is 1. The minimum absolute atomic E-state index is 0.0228. The number of hydrogen-bond donors (Lipinski definition) is 2. The van der Waals surface area contributed by atoms with Crippen molar-refractivity contribution in [3.05, 3.63) is 29.3 Å². The molecular weight excluding hydrogens is 214 g/mol. The summed E-state index contributed by atoms with van der Waals surface area (Å²) in [6.07, 6.45) is -0.609. The molecule has 0 aliphatic carbocycles. The molecular formula is C14H23NO2. The predicted molar refractivity (Wildman–Crippen MR) is 70.4 cm³/mol. The van der Waals surface area contributed by atoms with E-state index >= 15 is 0 Å². The van der Waals surface area contributed by atoms with Crippen LogP contribution in [0, 0.1) is 6.92 Å². The van der Waals surface area contributed by atoms with Crippen LogP contribution in [0.3, 0.4) is 0 Å². The van der Waals surface area contributed by atoms with Gasteiger partial charge in [0.2, 0.25) is 0 Å². The van der Waals surface area contributed by atoms with E-state index in [0.717, 1.165) is 16.9 Å². The first-order valence-corrected chi connectivity index (χ1v) is 5.97. The summed E-state index contributed by atoms with van der Waals surface area (Å²) >= 11 is 0. The number of rotatable bonds is 4. The van der Waals surface area contributed by atoms with E-state index in [4.69, 9.17) is 10.5 Å². The highest BCUT2D eigenvalue weighted by molar-refractivity contribution is 5.44. The second-order valence-electron chi connectivity index (χ2n) is 5.40. The summed E-state index contributed by atoms with van der Waals surface area (Å²) in [4.78, 5) is 0. The first kappa shape index (κ1) is 14.0. The predicted octanol–water partition coefficient (Wildman–Crippen LogP) is 1.99. The molecule has 3 heteroatoms. The second kappa shape index (κ2) is 5.52. The van der Waals surface area contributed by atoms with Gasteiger partial charge in [-0.3, -0.25) is 0 Å². The minimum atomic E-state index is -0.609. The monoisotopic (exact) mass is 237 g/mol. The van der Waals surface area contributed by atoms with Crippen LogP contribution in [0.15, 0.2) is 18.2 Å². The van der Waals surface area contributed by atoms with Crippen molar-refractivity contribution in [3.8, 4) is 5.75 Å². The van der Waals surface area contributed by atoms with Crippen molar-refractivity contribution in [1.29, 1.82) is 0 Å². The fourth-order valence-electron chi connectivity index (χ4n) is 1.68. The maximum atomic E-state index is 9.45. The molecule has 0 saturated heterocycles. The number of nitrogens with two attached hydrogens (primary N) is 1. The lowest BCUT2D eigenvalue weighted by Gasteiger charge is -2.24. The molecule has 0 spiro atoms. The lowest BCUT2D eigenvalue weighted by atomic mass is 9.85. The van der Waals surface area contributed by atoms with Crippen molar-refractivity contribution in [1.82, 2.24) is 0 Å². The quantitative estimate of drug-likeness (QED) is 0.842. The summed E-state index contributed by atoms with van der Waals surface area (Å²) in [6, 6.07) is 6.11. The van der Waals surface area contributed by atoms with Crippen molar-refractivity contribution in [3.63, 3.8) is 0 Å². The second-order valence-corrected chi connectivity index (χ2v) is 5.40. The molecule has 0 amide bonds. The molecule has 3 nitrogen and oxygen atoms in total. The smallest absolute Gasteiger partial charge is 0.126 e. The Balaban J connectivity index is 2.96. The molecule has 17 heavy (non-hydrogen) atoms. The molecule has 0 aliphatic heterocycles. The van der Waals surface area contributed by atoms with Gasteiger partial charge in [-0.15, -0.1) is 0 Å². The summed E-state index contributed by atoms with van der Waals surface area (Å²) in [5, 5.41) is 9.45. The molecule has 96 valence electrons. The number of aryl methyl sites for hydroxylation is 1. The van der Waals surface area contributed by atoms with Gasteiger partial charge in [0, 0.05) is 6.54 Å². The van der Waals surface area contributed by atoms with E-state index in [0.29, 0.717) is 0 Å². The van der Waals surface area contributed by atoms with Crippen LogP contribution in [0.4, 0.5) is 0 Å². The molecule has 1 rings (SSSR count). The first-order valence-electron chi connectivity index (χ1n) is 5.97. The van der Waals surface area contributed by atoms with Gasteiger partial charge in [-0.25, -0.2) is 0 Å². The van der Waals surface area contributed by atoms with Gasteiger partial charge in [0.15, 0.2) is 0 Å². The lowest BCUT2D eigenvalue weighted by Crippen LogP contribution is -2.27. The molecule has 0 aromatic heterocycles. The van der Waals surface area contributed by atoms with Crippen LogP contribution in [-0.4, -0.2) is 24.4 Å². The Morgan fingerprint density at radius 2 is 2.00 bits per heavy atom. The summed E-state index contributed by atoms with van der Waals surface area (Å²) in [7, 11) is 0. The first-order chi connectivity index (χ1) is 7.86. The lowest BCUT2D eigenvalue weighted by molar-refractivity contribution is 0.112. The van der Waals surface area contributed by atoms with Crippen LogP contribution >= 0.6 is 0 Å². The normalized spacial score (nSPS) is 13.5. The van der Waals surface area contributed by atoms with Crippen LogP contribution in [-0.2, 0) is 5.41 Å². The third-order valence-electron chi connectivity index (χ3n) is 2.71. The van der Waals surface area contributed by atoms with Gasteiger partial charge in [-0.05, 0) is 23.5 Å². The Bertz CT molecular complexity index is 369. The zero-order chi connectivity index (χ0) is 13.1. The van der Waals surface area contributed by atoms with Gasteiger partial charge >= 0.3 is 0 Å². The van der Waals surface area contributed by atoms with E-state index in [2.05, 4.69) is 26.8 Å². The fourth-order valence-corrected chi connectivity index (χ4v) is 1.68. The van der Waals surface area contributed by atoms with Gasteiger partial charge in [0.1, 0.15) is 18.5 Å². The number of benzene rings is 1. The zero-order valence-electron chi connectivity index (χ0n) is 11.2. The van der Waals surface area contributed by atoms with Crippen LogP contribution in [0.25, 0.3) is 0 Å². The Morgan fingerprint density at radius 1 is 1.35 bits per heavy atom. The highest BCUT2D eigenvalue weighted by Gasteiger charge is 2.20. The number of hydrogen-bond acceptors (Lipinski definition) is 3. The van der Waals surface area contributed by atoms with Gasteiger partial charge in [0.05, 0.1) is 0 Å². The molecule has 1 aromatic rings. The van der Waals surface area contributed by atoms with Crippen molar-refractivity contribution < 1.29 is 9.84 Å². The Labute approximate surface area is 104 Å². The molecule has 1 atom stereocenters. The highest BCUT2D eigenvalue weighted by Crippen LogP contribution is 2.33. The van der Waals surface area contributed by atoms with Crippen molar-refractivity contribution in [2.24, 2.45) is 5.73 Å². The molecule has 0 radical (unpaired) electrons. The van der Waals surface area contributed by atoms with Gasteiger partial charge in [-0.1, -0.05) is 39.0 Å². The standard InChI is InChI=1S/C14H23NO2/c1-10-6-5-7-12(14(2,3)4)13(10)17-9-11(16)8-15/h5-7,11,16H,8-9,15H2,1-4H3/t11-/m0/s1. The van der Waals surface area contributed by atoms with Crippen LogP contribution in [0.2, 0.25) is 0 Å². The van der Waals surface area contributed by atoms with E-state index in [-0.39, 0.29) is 18.6 Å². The highest BCUT2D eigenvalue weighted by atomic mass is 16.5. The number of aliphatic hydroxyl groups excluding tert-OH is 1. The largest absolute Gasteiger partial charge is 0.490 e. The maximum Gasteiger partial charge on any atom is 0.126 e. The van der Waals surface area contributed by atoms with Gasteiger partial charge in [0.25, 0.3) is 0 Å². The van der Waals surface area contributed by atoms with Crippen molar-refractivity contribution >= 4 is 0 Å². The third-order valence-corrected chi connectivity index (χ3v) is 2.71. The number of ether oxygens (including phenoxy) is 1. The van der Waals surface area contributed by atoms with E-state index in [1.807, 2.05) is 19.1 Å². The van der Waals surface area contributed by atoms with Crippen LogP contribution in [0.5, 0.6) is 5.75 Å². The molecule has 1 aromatic carbocycles. The number of aliphatic hydroxyl groups is 1. The minimum Gasteiger partial charge on any atom is -0.490 e. The van der Waals surface area contributed by atoms with Gasteiger partial charge in [-0.2, -0.15) is 0 Å². The summed E-state index contributed by atoms with van der Waals surface area (Å²) in [5.74, 6) is 0.868. The molecule has 0 fully saturated rings. The van der Waals surface area contributed by atoms with Crippen molar-refractivity contribution in [2.45, 2.75) is 39.2 Å². The molecule has 0 aliphatic rings. The Kier molecular flexibility index (Phi) is 4.54. The molecule has 0 heterocycles. The SMILES string of the molecule is Cc1cccc(C(C)(C)C)c1OC[C@@H](O)CN. The molecule has 0 unspecified atom stereocenters. The summed E-state index contributed by atoms with van der Waals surface area (Å²) in [5.41, 5.74) is 7.63. The van der Waals surface area contributed by atoms with E-state index in [1.54, 1.807) is 0 Å². The van der Waals surface area contributed by atoms with E-state index in [9.17, 15) is 5.11 Å².